The quantitative estimate of drug-likeness (QED) is 0.768. The van der Waals surface area contributed by atoms with E-state index in [2.05, 4.69) is 0 Å². The lowest BCUT2D eigenvalue weighted by molar-refractivity contribution is -0.126. The molecule has 6 nitrogen and oxygen atoms in total. The van der Waals surface area contributed by atoms with Crippen LogP contribution in [0.2, 0.25) is 0 Å². The Balaban J connectivity index is 1.47. The van der Waals surface area contributed by atoms with Gasteiger partial charge < -0.3 is 18.6 Å². The third-order valence-corrected chi connectivity index (χ3v) is 5.10. The number of ketones is 1. The highest BCUT2D eigenvalue weighted by Gasteiger charge is 2.42. The summed E-state index contributed by atoms with van der Waals surface area (Å²) in [7, 11) is 1.58. The lowest BCUT2D eigenvalue weighted by atomic mass is 9.77. The predicted molar refractivity (Wildman–Crippen MR) is 96.1 cm³/mol. The van der Waals surface area contributed by atoms with E-state index in [0.717, 1.165) is 5.56 Å². The molecule has 3 unspecified atom stereocenters. The normalized spacial score (nSPS) is 24.4. The average molecular weight is 368 g/mol. The Bertz CT molecular complexity index is 867. The van der Waals surface area contributed by atoms with Gasteiger partial charge in [-0.05, 0) is 31.0 Å². The van der Waals surface area contributed by atoms with Crippen LogP contribution in [-0.2, 0) is 14.3 Å². The minimum Gasteiger partial charge on any atom is -0.496 e. The van der Waals surface area contributed by atoms with Crippen molar-refractivity contribution < 1.29 is 28.2 Å². The highest BCUT2D eigenvalue weighted by molar-refractivity contribution is 6.22. The summed E-state index contributed by atoms with van der Waals surface area (Å²) in [5, 5.41) is 0. The van der Waals surface area contributed by atoms with Gasteiger partial charge in [0.2, 0.25) is 5.76 Å². The molecule has 1 aliphatic carbocycles. The number of furan rings is 1. The Morgan fingerprint density at radius 3 is 2.78 bits per heavy atom. The van der Waals surface area contributed by atoms with Gasteiger partial charge in [-0.2, -0.15) is 0 Å². The van der Waals surface area contributed by atoms with Crippen LogP contribution in [-0.4, -0.2) is 31.1 Å². The number of fused-ring (bicyclic) bond motifs is 1. The SMILES string of the molecule is COc1ccccc1C1=COC2CC(OC(=O)c3ccco3)CCC2C1=O. The number of benzene rings is 1. The van der Waals surface area contributed by atoms with Crippen LogP contribution in [0.5, 0.6) is 5.75 Å². The summed E-state index contributed by atoms with van der Waals surface area (Å²) in [6, 6.07) is 10.6. The molecule has 1 aromatic carbocycles. The molecule has 27 heavy (non-hydrogen) atoms. The molecule has 2 aromatic rings. The fourth-order valence-electron chi connectivity index (χ4n) is 3.73. The third kappa shape index (κ3) is 3.35. The number of allylic oxidation sites excluding steroid dienone is 1. The Morgan fingerprint density at radius 2 is 2.00 bits per heavy atom. The molecule has 1 saturated carbocycles. The second-order valence-electron chi connectivity index (χ2n) is 6.69. The molecule has 1 aromatic heterocycles. The van der Waals surface area contributed by atoms with Gasteiger partial charge in [0.25, 0.3) is 0 Å². The topological polar surface area (TPSA) is 75.0 Å². The number of ether oxygens (including phenoxy) is 3. The number of rotatable bonds is 4. The van der Waals surface area contributed by atoms with E-state index in [-0.39, 0.29) is 29.7 Å². The van der Waals surface area contributed by atoms with Gasteiger partial charge in [0.1, 0.15) is 18.0 Å². The van der Waals surface area contributed by atoms with Crippen molar-refractivity contribution in [2.24, 2.45) is 5.92 Å². The predicted octanol–water partition coefficient (Wildman–Crippen LogP) is 3.62. The molecule has 4 rings (SSSR count). The van der Waals surface area contributed by atoms with Gasteiger partial charge in [0.15, 0.2) is 5.78 Å². The van der Waals surface area contributed by atoms with Gasteiger partial charge in [-0.25, -0.2) is 4.79 Å². The third-order valence-electron chi connectivity index (χ3n) is 5.10. The van der Waals surface area contributed by atoms with E-state index >= 15 is 0 Å². The highest BCUT2D eigenvalue weighted by Crippen LogP contribution is 2.39. The summed E-state index contributed by atoms with van der Waals surface area (Å²) >= 11 is 0. The lowest BCUT2D eigenvalue weighted by Gasteiger charge is -2.37. The summed E-state index contributed by atoms with van der Waals surface area (Å²) in [4.78, 5) is 25.1. The fourth-order valence-corrected chi connectivity index (χ4v) is 3.73. The van der Waals surface area contributed by atoms with Gasteiger partial charge in [-0.15, -0.1) is 0 Å². The summed E-state index contributed by atoms with van der Waals surface area (Å²) in [6.07, 6.45) is 4.06. The van der Waals surface area contributed by atoms with E-state index in [0.29, 0.717) is 30.6 Å². The first-order chi connectivity index (χ1) is 13.2. The Labute approximate surface area is 156 Å². The van der Waals surface area contributed by atoms with Gasteiger partial charge in [0, 0.05) is 12.0 Å². The first-order valence-corrected chi connectivity index (χ1v) is 8.95. The molecule has 1 fully saturated rings. The molecular weight excluding hydrogens is 348 g/mol. The van der Waals surface area contributed by atoms with Gasteiger partial charge in [0.05, 0.1) is 31.1 Å². The Morgan fingerprint density at radius 1 is 1.15 bits per heavy atom. The van der Waals surface area contributed by atoms with E-state index in [4.69, 9.17) is 18.6 Å². The fraction of sp³-hybridized carbons (Fsp3) is 0.333. The molecular formula is C21H20O6. The average Bonchev–Trinajstić information content (AvgIpc) is 3.23. The molecule has 1 aliphatic heterocycles. The van der Waals surface area contributed by atoms with Crippen LogP contribution >= 0.6 is 0 Å². The molecule has 0 radical (unpaired) electrons. The van der Waals surface area contributed by atoms with Crippen LogP contribution in [0.4, 0.5) is 0 Å². The zero-order valence-electron chi connectivity index (χ0n) is 14.9. The van der Waals surface area contributed by atoms with Crippen molar-refractivity contribution in [1.82, 2.24) is 0 Å². The first-order valence-electron chi connectivity index (χ1n) is 8.95. The number of hydrogen-bond acceptors (Lipinski definition) is 6. The van der Waals surface area contributed by atoms with Crippen molar-refractivity contribution in [3.63, 3.8) is 0 Å². The van der Waals surface area contributed by atoms with Crippen molar-refractivity contribution in [3.8, 4) is 5.75 Å². The second kappa shape index (κ2) is 7.31. The van der Waals surface area contributed by atoms with Crippen molar-refractivity contribution in [3.05, 3.63) is 60.2 Å². The Kier molecular flexibility index (Phi) is 4.71. The van der Waals surface area contributed by atoms with E-state index in [9.17, 15) is 9.59 Å². The lowest BCUT2D eigenvalue weighted by Crippen LogP contribution is -2.42. The van der Waals surface area contributed by atoms with Crippen LogP contribution in [0.3, 0.4) is 0 Å². The van der Waals surface area contributed by atoms with Crippen LogP contribution in [0.25, 0.3) is 5.57 Å². The first kappa shape index (κ1) is 17.4. The second-order valence-corrected chi connectivity index (χ2v) is 6.69. The standard InChI is InChI=1S/C21H20O6/c1-24-17-6-3-2-5-14(17)16-12-26-19-11-13(8-9-15(19)20(16)22)27-21(23)18-7-4-10-25-18/h2-7,10,12-13,15,19H,8-9,11H2,1H3. The minimum absolute atomic E-state index is 0.0477. The van der Waals surface area contributed by atoms with Crippen molar-refractivity contribution in [2.45, 2.75) is 31.5 Å². The van der Waals surface area contributed by atoms with Crippen LogP contribution < -0.4 is 4.74 Å². The maximum absolute atomic E-state index is 13.0. The molecule has 3 atom stereocenters. The van der Waals surface area contributed by atoms with Gasteiger partial charge in [-0.1, -0.05) is 18.2 Å². The molecule has 0 spiro atoms. The number of carbonyl (C=O) groups excluding carboxylic acids is 2. The number of hydrogen-bond donors (Lipinski definition) is 0. The highest BCUT2D eigenvalue weighted by atomic mass is 16.6. The molecule has 2 heterocycles. The number of methoxy groups -OCH3 is 1. The van der Waals surface area contributed by atoms with E-state index in [1.807, 2.05) is 24.3 Å². The zero-order chi connectivity index (χ0) is 18.8. The molecule has 140 valence electrons. The maximum atomic E-state index is 13.0. The molecule has 6 heteroatoms. The summed E-state index contributed by atoms with van der Waals surface area (Å²) < 4.78 is 21.8. The van der Waals surface area contributed by atoms with E-state index < -0.39 is 5.97 Å². The number of Topliss-reactive ketones (excluding diaryl/α,β-unsaturated/α-hetero) is 1. The largest absolute Gasteiger partial charge is 0.496 e. The summed E-state index contributed by atoms with van der Waals surface area (Å²) in [6.45, 7) is 0. The number of para-hydroxylation sites is 1. The van der Waals surface area contributed by atoms with Crippen molar-refractivity contribution in [2.75, 3.05) is 7.11 Å². The van der Waals surface area contributed by atoms with Crippen molar-refractivity contribution in [1.29, 1.82) is 0 Å². The monoisotopic (exact) mass is 368 g/mol. The molecule has 0 bridgehead atoms. The van der Waals surface area contributed by atoms with Crippen molar-refractivity contribution >= 4 is 17.3 Å². The molecule has 0 amide bonds. The Hall–Kier alpha value is -3.02. The van der Waals surface area contributed by atoms with Crippen LogP contribution in [0.15, 0.2) is 53.3 Å². The maximum Gasteiger partial charge on any atom is 0.374 e. The summed E-state index contributed by atoms with van der Waals surface area (Å²) in [5.74, 6) is 0.132. The number of esters is 1. The van der Waals surface area contributed by atoms with Crippen LogP contribution in [0, 0.1) is 5.92 Å². The zero-order valence-corrected chi connectivity index (χ0v) is 14.9. The molecule has 0 saturated heterocycles. The summed E-state index contributed by atoms with van der Waals surface area (Å²) in [5.41, 5.74) is 1.26. The smallest absolute Gasteiger partial charge is 0.374 e. The molecule has 2 aliphatic rings. The van der Waals surface area contributed by atoms with Gasteiger partial charge in [-0.3, -0.25) is 4.79 Å². The van der Waals surface area contributed by atoms with E-state index in [1.54, 1.807) is 19.2 Å². The van der Waals surface area contributed by atoms with Crippen LogP contribution in [0.1, 0.15) is 35.4 Å². The van der Waals surface area contributed by atoms with E-state index in [1.165, 1.54) is 12.5 Å². The molecule has 0 N–H and O–H groups in total. The minimum atomic E-state index is -0.490. The number of carbonyl (C=O) groups is 2. The van der Waals surface area contributed by atoms with Gasteiger partial charge >= 0.3 is 5.97 Å².